The van der Waals surface area contributed by atoms with E-state index in [0.29, 0.717) is 18.9 Å². The van der Waals surface area contributed by atoms with Crippen molar-refractivity contribution in [3.05, 3.63) is 0 Å². The monoisotopic (exact) mass is 290 g/mol. The van der Waals surface area contributed by atoms with Crippen LogP contribution in [0.2, 0.25) is 0 Å². The fourth-order valence-corrected chi connectivity index (χ4v) is 3.97. The highest BCUT2D eigenvalue weighted by Crippen LogP contribution is 2.30. The Morgan fingerprint density at radius 3 is 2.68 bits per heavy atom. The SMILES string of the molecule is CCNCCCS(=O)(=O)NCCC1CCCC(C)C1. The molecule has 5 heteroatoms. The molecule has 0 bridgehead atoms. The molecule has 2 N–H and O–H groups in total. The first-order valence-corrected chi connectivity index (χ1v) is 9.36. The molecule has 0 amide bonds. The summed E-state index contributed by atoms with van der Waals surface area (Å²) in [5.74, 6) is 1.77. The summed E-state index contributed by atoms with van der Waals surface area (Å²) < 4.78 is 26.3. The van der Waals surface area contributed by atoms with Crippen molar-refractivity contribution in [2.75, 3.05) is 25.4 Å². The van der Waals surface area contributed by atoms with Crippen molar-refractivity contribution in [1.82, 2.24) is 10.0 Å². The average molecular weight is 290 g/mol. The van der Waals surface area contributed by atoms with E-state index in [1.165, 1.54) is 25.7 Å². The zero-order valence-electron chi connectivity index (χ0n) is 12.5. The van der Waals surface area contributed by atoms with Gasteiger partial charge in [0, 0.05) is 6.54 Å². The number of nitrogens with one attached hydrogen (secondary N) is 2. The van der Waals surface area contributed by atoms with Gasteiger partial charge in [0.1, 0.15) is 0 Å². The lowest BCUT2D eigenvalue weighted by molar-refractivity contribution is 0.271. The standard InChI is InChI=1S/C14H30N2O2S/c1-3-15-9-5-11-19(17,18)16-10-8-14-7-4-6-13(2)12-14/h13-16H,3-12H2,1-2H3. The Labute approximate surface area is 118 Å². The summed E-state index contributed by atoms with van der Waals surface area (Å²) in [6, 6.07) is 0. The van der Waals surface area contributed by atoms with Crippen molar-refractivity contribution >= 4 is 10.0 Å². The van der Waals surface area contributed by atoms with Crippen molar-refractivity contribution in [3.8, 4) is 0 Å². The van der Waals surface area contributed by atoms with E-state index in [-0.39, 0.29) is 5.75 Å². The fraction of sp³-hybridized carbons (Fsp3) is 1.00. The molecular formula is C14H30N2O2S. The Bertz CT molecular complexity index is 330. The number of hydrogen-bond acceptors (Lipinski definition) is 3. The minimum absolute atomic E-state index is 0.237. The van der Waals surface area contributed by atoms with Crippen LogP contribution in [0.15, 0.2) is 0 Å². The van der Waals surface area contributed by atoms with Crippen LogP contribution in [0.5, 0.6) is 0 Å². The molecule has 0 aliphatic heterocycles. The van der Waals surface area contributed by atoms with Crippen molar-refractivity contribution in [3.63, 3.8) is 0 Å². The van der Waals surface area contributed by atoms with Gasteiger partial charge in [-0.2, -0.15) is 0 Å². The zero-order valence-corrected chi connectivity index (χ0v) is 13.3. The summed E-state index contributed by atoms with van der Waals surface area (Å²) >= 11 is 0. The van der Waals surface area contributed by atoms with E-state index >= 15 is 0 Å². The van der Waals surface area contributed by atoms with Gasteiger partial charge in [0.15, 0.2) is 0 Å². The number of hydrogen-bond donors (Lipinski definition) is 2. The van der Waals surface area contributed by atoms with E-state index in [1.54, 1.807) is 0 Å². The molecule has 2 atom stereocenters. The van der Waals surface area contributed by atoms with Crippen molar-refractivity contribution in [2.24, 2.45) is 11.8 Å². The number of sulfonamides is 1. The average Bonchev–Trinajstić information content (AvgIpc) is 2.35. The van der Waals surface area contributed by atoms with Gasteiger partial charge in [-0.3, -0.25) is 0 Å². The minimum Gasteiger partial charge on any atom is -0.317 e. The largest absolute Gasteiger partial charge is 0.317 e. The van der Waals surface area contributed by atoms with E-state index in [4.69, 9.17) is 0 Å². The first-order chi connectivity index (χ1) is 9.03. The van der Waals surface area contributed by atoms with E-state index in [0.717, 1.165) is 25.4 Å². The Morgan fingerprint density at radius 2 is 2.00 bits per heavy atom. The van der Waals surface area contributed by atoms with E-state index in [9.17, 15) is 8.42 Å². The molecule has 1 aliphatic rings. The highest BCUT2D eigenvalue weighted by molar-refractivity contribution is 7.89. The Balaban J connectivity index is 2.13. The molecule has 2 unspecified atom stereocenters. The summed E-state index contributed by atoms with van der Waals surface area (Å²) in [5, 5.41) is 3.14. The Hall–Kier alpha value is -0.130. The first-order valence-electron chi connectivity index (χ1n) is 7.71. The molecule has 0 aromatic heterocycles. The van der Waals surface area contributed by atoms with Gasteiger partial charge in [0.25, 0.3) is 0 Å². The maximum absolute atomic E-state index is 11.8. The van der Waals surface area contributed by atoms with Crippen LogP contribution in [0.4, 0.5) is 0 Å². The van der Waals surface area contributed by atoms with Gasteiger partial charge in [-0.1, -0.05) is 33.1 Å². The first kappa shape index (κ1) is 16.9. The highest BCUT2D eigenvalue weighted by Gasteiger charge is 2.19. The molecule has 0 aromatic rings. The van der Waals surface area contributed by atoms with Crippen LogP contribution in [-0.4, -0.2) is 33.8 Å². The second kappa shape index (κ2) is 8.93. The van der Waals surface area contributed by atoms with Gasteiger partial charge >= 0.3 is 0 Å². The zero-order chi connectivity index (χ0) is 14.1. The summed E-state index contributed by atoms with van der Waals surface area (Å²) in [7, 11) is -3.07. The van der Waals surface area contributed by atoms with Crippen LogP contribution in [-0.2, 0) is 10.0 Å². The molecule has 19 heavy (non-hydrogen) atoms. The maximum Gasteiger partial charge on any atom is 0.211 e. The van der Waals surface area contributed by atoms with Gasteiger partial charge in [-0.15, -0.1) is 0 Å². The minimum atomic E-state index is -3.07. The van der Waals surface area contributed by atoms with Crippen LogP contribution in [0.1, 0.15) is 52.4 Å². The third kappa shape index (κ3) is 7.90. The maximum atomic E-state index is 11.8. The third-order valence-electron chi connectivity index (χ3n) is 3.94. The number of rotatable bonds is 9. The fourth-order valence-electron chi connectivity index (χ4n) is 2.88. The quantitative estimate of drug-likeness (QED) is 0.640. The lowest BCUT2D eigenvalue weighted by atomic mass is 9.81. The molecule has 0 saturated heterocycles. The van der Waals surface area contributed by atoms with Gasteiger partial charge in [-0.25, -0.2) is 13.1 Å². The van der Waals surface area contributed by atoms with Crippen molar-refractivity contribution < 1.29 is 8.42 Å². The summed E-state index contributed by atoms with van der Waals surface area (Å²) in [5.41, 5.74) is 0. The molecule has 1 saturated carbocycles. The molecule has 4 nitrogen and oxygen atoms in total. The molecule has 114 valence electrons. The second-order valence-corrected chi connectivity index (χ2v) is 7.77. The van der Waals surface area contributed by atoms with Crippen LogP contribution < -0.4 is 10.0 Å². The molecular weight excluding hydrogens is 260 g/mol. The van der Waals surface area contributed by atoms with Crippen LogP contribution in [0.25, 0.3) is 0 Å². The third-order valence-corrected chi connectivity index (χ3v) is 5.41. The predicted octanol–water partition coefficient (Wildman–Crippen LogP) is 2.12. The molecule has 0 radical (unpaired) electrons. The van der Waals surface area contributed by atoms with Crippen LogP contribution in [0.3, 0.4) is 0 Å². The van der Waals surface area contributed by atoms with Gasteiger partial charge in [0.05, 0.1) is 5.75 Å². The summed E-state index contributed by atoms with van der Waals surface area (Å²) in [6.45, 7) is 6.61. The van der Waals surface area contributed by atoms with Gasteiger partial charge < -0.3 is 5.32 Å². The highest BCUT2D eigenvalue weighted by atomic mass is 32.2. The molecule has 1 rings (SSSR count). The van der Waals surface area contributed by atoms with E-state index < -0.39 is 10.0 Å². The molecule has 0 heterocycles. The van der Waals surface area contributed by atoms with E-state index in [1.807, 2.05) is 6.92 Å². The van der Waals surface area contributed by atoms with Gasteiger partial charge in [-0.05, 0) is 44.2 Å². The molecule has 0 aromatic carbocycles. The van der Waals surface area contributed by atoms with Gasteiger partial charge in [0.2, 0.25) is 10.0 Å². The smallest absolute Gasteiger partial charge is 0.211 e. The topological polar surface area (TPSA) is 58.2 Å². The Morgan fingerprint density at radius 1 is 1.21 bits per heavy atom. The lowest BCUT2D eigenvalue weighted by Crippen LogP contribution is -2.30. The van der Waals surface area contributed by atoms with Crippen LogP contribution in [0, 0.1) is 11.8 Å². The van der Waals surface area contributed by atoms with Crippen molar-refractivity contribution in [1.29, 1.82) is 0 Å². The molecule has 1 fully saturated rings. The lowest BCUT2D eigenvalue weighted by Gasteiger charge is -2.26. The van der Waals surface area contributed by atoms with Crippen molar-refractivity contribution in [2.45, 2.75) is 52.4 Å². The normalized spacial score (nSPS) is 24.5. The van der Waals surface area contributed by atoms with E-state index in [2.05, 4.69) is 17.0 Å². The Kier molecular flexibility index (Phi) is 7.95. The van der Waals surface area contributed by atoms with Crippen LogP contribution >= 0.6 is 0 Å². The summed E-state index contributed by atoms with van der Waals surface area (Å²) in [6.07, 6.45) is 6.86. The summed E-state index contributed by atoms with van der Waals surface area (Å²) in [4.78, 5) is 0. The predicted molar refractivity (Wildman–Crippen MR) is 80.7 cm³/mol. The molecule has 0 spiro atoms. The second-order valence-electron chi connectivity index (χ2n) is 5.85. The molecule has 1 aliphatic carbocycles.